The van der Waals surface area contributed by atoms with Crippen molar-refractivity contribution in [3.8, 4) is 22.4 Å². The molecule has 6 rings (SSSR count). The number of rotatable bonds is 4. The Bertz CT molecular complexity index is 1650. The lowest BCUT2D eigenvalue weighted by Crippen LogP contribution is -2.15. The summed E-state index contributed by atoms with van der Waals surface area (Å²) in [7, 11) is 0. The van der Waals surface area contributed by atoms with E-state index in [0.717, 1.165) is 59.4 Å². The standard InChI is InChI=1S/C29H21Cl4N3O/c30-19-8-4-17(5-9-19)25-16-36-27(28(37)34-21-12-13-23(32)24(33)15-21)26(18-6-10-20(31)11-7-18)22-3-1-2-14-35(25)29(22)36/h4-13,15-16H,1-3,14H2,(H,34,37). The Labute approximate surface area is 234 Å². The summed E-state index contributed by atoms with van der Waals surface area (Å²) in [6.07, 6.45) is 4.99. The van der Waals surface area contributed by atoms with Crippen LogP contribution in [0.2, 0.25) is 20.1 Å². The van der Waals surface area contributed by atoms with Crippen LogP contribution < -0.4 is 5.32 Å². The molecule has 0 radical (unpaired) electrons. The average molecular weight is 569 g/mol. The average Bonchev–Trinajstić information content (AvgIpc) is 3.30. The number of carbonyl (C=O) groups excluding carboxylic acids is 1. The molecule has 0 spiro atoms. The second kappa shape index (κ2) is 9.77. The number of aromatic nitrogens is 2. The topological polar surface area (TPSA) is 38.4 Å². The Morgan fingerprint density at radius 2 is 1.46 bits per heavy atom. The number of benzene rings is 3. The lowest BCUT2D eigenvalue weighted by molar-refractivity contribution is 0.102. The number of carbonyl (C=O) groups is 1. The number of hydrogen-bond donors (Lipinski definition) is 1. The molecule has 37 heavy (non-hydrogen) atoms. The predicted octanol–water partition coefficient (Wildman–Crippen LogP) is 9.28. The molecule has 0 aliphatic carbocycles. The molecule has 4 nitrogen and oxygen atoms in total. The summed E-state index contributed by atoms with van der Waals surface area (Å²) in [5.74, 6) is -0.232. The van der Waals surface area contributed by atoms with Gasteiger partial charge in [-0.15, -0.1) is 0 Å². The minimum Gasteiger partial charge on any atom is -0.325 e. The van der Waals surface area contributed by atoms with Gasteiger partial charge in [-0.2, -0.15) is 0 Å². The van der Waals surface area contributed by atoms with Crippen LogP contribution in [0, 0.1) is 0 Å². The van der Waals surface area contributed by atoms with Gasteiger partial charge in [0, 0.05) is 39.6 Å². The van der Waals surface area contributed by atoms with E-state index in [1.807, 2.05) is 52.9 Å². The van der Waals surface area contributed by atoms with E-state index in [1.54, 1.807) is 18.2 Å². The van der Waals surface area contributed by atoms with Gasteiger partial charge in [0.25, 0.3) is 5.91 Å². The van der Waals surface area contributed by atoms with Crippen molar-refractivity contribution in [2.75, 3.05) is 5.32 Å². The van der Waals surface area contributed by atoms with Crippen LogP contribution in [0.3, 0.4) is 0 Å². The van der Waals surface area contributed by atoms with Crippen molar-refractivity contribution in [2.45, 2.75) is 25.8 Å². The molecule has 0 fully saturated rings. The molecular weight excluding hydrogens is 548 g/mol. The highest BCUT2D eigenvalue weighted by molar-refractivity contribution is 6.42. The molecule has 186 valence electrons. The summed E-state index contributed by atoms with van der Waals surface area (Å²) in [6.45, 7) is 0.860. The molecule has 1 aliphatic rings. The fourth-order valence-corrected chi connectivity index (χ4v) is 5.70. The van der Waals surface area contributed by atoms with Crippen molar-refractivity contribution in [1.82, 2.24) is 8.97 Å². The maximum atomic E-state index is 14.0. The molecule has 1 amide bonds. The summed E-state index contributed by atoms with van der Waals surface area (Å²) in [5.41, 5.74) is 7.28. The van der Waals surface area contributed by atoms with Crippen LogP contribution >= 0.6 is 46.4 Å². The second-order valence-corrected chi connectivity index (χ2v) is 10.8. The van der Waals surface area contributed by atoms with E-state index in [9.17, 15) is 4.79 Å². The molecule has 0 atom stereocenters. The second-order valence-electron chi connectivity index (χ2n) is 9.12. The van der Waals surface area contributed by atoms with E-state index in [2.05, 4.69) is 16.1 Å². The van der Waals surface area contributed by atoms with Gasteiger partial charge in [0.05, 0.1) is 15.7 Å². The van der Waals surface area contributed by atoms with Crippen LogP contribution in [0.25, 0.3) is 28.0 Å². The number of amides is 1. The quantitative estimate of drug-likeness (QED) is 0.230. The van der Waals surface area contributed by atoms with Gasteiger partial charge < -0.3 is 9.88 Å². The summed E-state index contributed by atoms with van der Waals surface area (Å²) >= 11 is 24.7. The van der Waals surface area contributed by atoms with E-state index in [-0.39, 0.29) is 5.91 Å². The zero-order chi connectivity index (χ0) is 25.7. The van der Waals surface area contributed by atoms with Gasteiger partial charge >= 0.3 is 0 Å². The van der Waals surface area contributed by atoms with Crippen LogP contribution in [0.5, 0.6) is 0 Å². The summed E-state index contributed by atoms with van der Waals surface area (Å²) in [6, 6.07) is 20.5. The van der Waals surface area contributed by atoms with E-state index < -0.39 is 0 Å². The van der Waals surface area contributed by atoms with Crippen LogP contribution in [-0.2, 0) is 13.0 Å². The van der Waals surface area contributed by atoms with E-state index >= 15 is 0 Å². The predicted molar refractivity (Wildman–Crippen MR) is 154 cm³/mol. The Morgan fingerprint density at radius 1 is 0.784 bits per heavy atom. The molecule has 0 bridgehead atoms. The molecule has 3 heterocycles. The van der Waals surface area contributed by atoms with Gasteiger partial charge in [-0.25, -0.2) is 0 Å². The van der Waals surface area contributed by atoms with Gasteiger partial charge in [0.1, 0.15) is 11.3 Å². The first kappa shape index (κ1) is 24.4. The molecule has 0 saturated carbocycles. The number of anilines is 1. The third kappa shape index (κ3) is 4.42. The largest absolute Gasteiger partial charge is 0.325 e. The maximum absolute atomic E-state index is 14.0. The van der Waals surface area contributed by atoms with Gasteiger partial charge in [0.2, 0.25) is 0 Å². The summed E-state index contributed by atoms with van der Waals surface area (Å²) in [4.78, 5) is 14.0. The van der Waals surface area contributed by atoms with Crippen molar-refractivity contribution in [3.05, 3.63) is 104 Å². The van der Waals surface area contributed by atoms with Gasteiger partial charge in [-0.3, -0.25) is 9.20 Å². The molecular formula is C29H21Cl4N3O. The van der Waals surface area contributed by atoms with E-state index in [0.29, 0.717) is 31.5 Å². The minimum absolute atomic E-state index is 0.232. The van der Waals surface area contributed by atoms with E-state index in [1.165, 1.54) is 0 Å². The highest BCUT2D eigenvalue weighted by Gasteiger charge is 2.29. The molecule has 0 unspecified atom stereocenters. The highest BCUT2D eigenvalue weighted by Crippen LogP contribution is 2.40. The van der Waals surface area contributed by atoms with Crippen molar-refractivity contribution < 1.29 is 4.79 Å². The zero-order valence-electron chi connectivity index (χ0n) is 19.6. The number of nitrogens with zero attached hydrogens (tertiary/aromatic N) is 2. The van der Waals surface area contributed by atoms with Crippen LogP contribution in [0.1, 0.15) is 28.9 Å². The van der Waals surface area contributed by atoms with Crippen molar-refractivity contribution in [1.29, 1.82) is 0 Å². The maximum Gasteiger partial charge on any atom is 0.273 e. The Hall–Kier alpha value is -2.89. The third-order valence-electron chi connectivity index (χ3n) is 6.80. The first-order valence-corrected chi connectivity index (χ1v) is 13.5. The van der Waals surface area contributed by atoms with Crippen LogP contribution in [0.4, 0.5) is 5.69 Å². The lowest BCUT2D eigenvalue weighted by Gasteiger charge is -2.11. The molecule has 0 saturated heterocycles. The van der Waals surface area contributed by atoms with Crippen LogP contribution in [-0.4, -0.2) is 14.9 Å². The van der Waals surface area contributed by atoms with Gasteiger partial charge in [0.15, 0.2) is 0 Å². The SMILES string of the molecule is O=C(Nc1ccc(Cl)c(Cl)c1)c1c(-c2ccc(Cl)cc2)c2c3n(c(-c4ccc(Cl)cc4)cn13)CCCC2. The van der Waals surface area contributed by atoms with Gasteiger partial charge in [-0.1, -0.05) is 70.7 Å². The Kier molecular flexibility index (Phi) is 6.46. The van der Waals surface area contributed by atoms with Gasteiger partial charge in [-0.05, 0) is 72.9 Å². The molecule has 2 aromatic heterocycles. The highest BCUT2D eigenvalue weighted by atomic mass is 35.5. The van der Waals surface area contributed by atoms with Crippen molar-refractivity contribution in [2.24, 2.45) is 0 Å². The monoisotopic (exact) mass is 567 g/mol. The lowest BCUT2D eigenvalue weighted by atomic mass is 9.97. The first-order chi connectivity index (χ1) is 17.9. The van der Waals surface area contributed by atoms with Crippen molar-refractivity contribution in [3.63, 3.8) is 0 Å². The molecule has 1 N–H and O–H groups in total. The molecule has 3 aromatic carbocycles. The normalized spacial score (nSPS) is 13.1. The molecule has 8 heteroatoms. The van der Waals surface area contributed by atoms with Crippen LogP contribution in [0.15, 0.2) is 72.9 Å². The first-order valence-electron chi connectivity index (χ1n) is 12.0. The number of aryl methyl sites for hydroxylation is 2. The number of hydrogen-bond acceptors (Lipinski definition) is 1. The van der Waals surface area contributed by atoms with Crippen molar-refractivity contribution >= 4 is 63.6 Å². The summed E-state index contributed by atoms with van der Waals surface area (Å²) < 4.78 is 4.35. The minimum atomic E-state index is -0.232. The van der Waals surface area contributed by atoms with E-state index in [4.69, 9.17) is 46.4 Å². The fourth-order valence-electron chi connectivity index (χ4n) is 5.15. The smallest absolute Gasteiger partial charge is 0.273 e. The molecule has 1 aliphatic heterocycles. The Balaban J connectivity index is 1.59. The Morgan fingerprint density at radius 3 is 2.14 bits per heavy atom. The fraction of sp³-hybridized carbons (Fsp3) is 0.138. The zero-order valence-corrected chi connectivity index (χ0v) is 22.6. The number of nitrogens with one attached hydrogen (secondary N) is 1. The molecule has 5 aromatic rings. The number of imidazole rings is 1. The summed E-state index contributed by atoms with van der Waals surface area (Å²) in [5, 5.41) is 5.18. The number of halogens is 4. The third-order valence-corrected chi connectivity index (χ3v) is 8.04.